The molecule has 0 saturated heterocycles. The van der Waals surface area contributed by atoms with Gasteiger partial charge in [0, 0.05) is 0 Å². The molecule has 0 aliphatic carbocycles. The van der Waals surface area contributed by atoms with Crippen LogP contribution in [0, 0.1) is 0 Å². The van der Waals surface area contributed by atoms with Gasteiger partial charge < -0.3 is 14.2 Å². The number of benzene rings is 2. The lowest BCUT2D eigenvalue weighted by Crippen LogP contribution is -2.39. The van der Waals surface area contributed by atoms with Gasteiger partial charge in [0.25, 0.3) is 0 Å². The molecule has 1 aliphatic heterocycles. The zero-order valence-corrected chi connectivity index (χ0v) is 11.7. The summed E-state index contributed by atoms with van der Waals surface area (Å²) in [6.07, 6.45) is 0.204. The molecule has 0 unspecified atom stereocenters. The number of ether oxygens (including phenoxy) is 3. The van der Waals surface area contributed by atoms with Crippen LogP contribution in [0.5, 0.6) is 17.2 Å². The molecule has 2 aromatic carbocycles. The van der Waals surface area contributed by atoms with Crippen molar-refractivity contribution in [2.75, 3.05) is 6.61 Å². The summed E-state index contributed by atoms with van der Waals surface area (Å²) in [6, 6.07) is 14.7. The number of rotatable bonds is 3. The van der Waals surface area contributed by atoms with Gasteiger partial charge >= 0.3 is 5.97 Å². The monoisotopic (exact) mass is 284 g/mol. The Morgan fingerprint density at radius 2 is 1.86 bits per heavy atom. The van der Waals surface area contributed by atoms with E-state index in [1.807, 2.05) is 24.3 Å². The van der Waals surface area contributed by atoms with Gasteiger partial charge in [0.1, 0.15) is 12.4 Å². The maximum Gasteiger partial charge on any atom is 0.356 e. The number of aryl methyl sites for hydroxylation is 1. The van der Waals surface area contributed by atoms with E-state index in [-0.39, 0.29) is 6.61 Å². The number of carbonyl (C=O) groups excluding carboxylic acids is 1. The Hall–Kier alpha value is -2.49. The number of hydrogen-bond acceptors (Lipinski definition) is 4. The summed E-state index contributed by atoms with van der Waals surface area (Å²) in [4.78, 5) is 12.1. The van der Waals surface area contributed by atoms with Crippen molar-refractivity contribution >= 4 is 5.97 Å². The highest BCUT2D eigenvalue weighted by molar-refractivity contribution is 5.78. The molecule has 0 fully saturated rings. The Kier molecular flexibility index (Phi) is 3.77. The fourth-order valence-corrected chi connectivity index (χ4v) is 2.11. The van der Waals surface area contributed by atoms with Crippen LogP contribution in [-0.4, -0.2) is 18.7 Å². The standard InChI is InChI=1S/C17H16O4/c1-2-12-7-9-13(10-8-12)20-17(18)16-11-19-14-5-3-4-6-15(14)21-16/h3-10,16H,2,11H2,1H3/t16-/m1/s1. The van der Waals surface area contributed by atoms with E-state index in [0.29, 0.717) is 17.2 Å². The minimum Gasteiger partial charge on any atom is -0.485 e. The molecular formula is C17H16O4. The Labute approximate surface area is 123 Å². The van der Waals surface area contributed by atoms with Gasteiger partial charge in [-0.05, 0) is 36.2 Å². The molecule has 4 nitrogen and oxygen atoms in total. The van der Waals surface area contributed by atoms with Crippen LogP contribution in [0.25, 0.3) is 0 Å². The van der Waals surface area contributed by atoms with Crippen molar-refractivity contribution in [3.63, 3.8) is 0 Å². The van der Waals surface area contributed by atoms with Crippen molar-refractivity contribution in [1.29, 1.82) is 0 Å². The van der Waals surface area contributed by atoms with Gasteiger partial charge in [-0.1, -0.05) is 31.2 Å². The van der Waals surface area contributed by atoms with Crippen LogP contribution in [0.3, 0.4) is 0 Å². The maximum absolute atomic E-state index is 12.1. The van der Waals surface area contributed by atoms with Crippen LogP contribution >= 0.6 is 0 Å². The fourth-order valence-electron chi connectivity index (χ4n) is 2.11. The zero-order valence-electron chi connectivity index (χ0n) is 11.7. The second-order valence-electron chi connectivity index (χ2n) is 4.78. The van der Waals surface area contributed by atoms with Crippen LogP contribution in [0.1, 0.15) is 12.5 Å². The molecule has 108 valence electrons. The van der Waals surface area contributed by atoms with Gasteiger partial charge in [-0.2, -0.15) is 0 Å². The molecule has 21 heavy (non-hydrogen) atoms. The first kappa shape index (κ1) is 13.5. The van der Waals surface area contributed by atoms with E-state index in [0.717, 1.165) is 6.42 Å². The second kappa shape index (κ2) is 5.87. The Bertz CT molecular complexity index is 633. The Balaban J connectivity index is 1.66. The summed E-state index contributed by atoms with van der Waals surface area (Å²) in [5.41, 5.74) is 1.20. The van der Waals surface area contributed by atoms with E-state index in [9.17, 15) is 4.79 Å². The van der Waals surface area contributed by atoms with Crippen molar-refractivity contribution in [3.05, 3.63) is 54.1 Å². The maximum atomic E-state index is 12.1. The van der Waals surface area contributed by atoms with E-state index in [1.54, 1.807) is 24.3 Å². The predicted octanol–water partition coefficient (Wildman–Crippen LogP) is 2.99. The van der Waals surface area contributed by atoms with Crippen molar-refractivity contribution in [1.82, 2.24) is 0 Å². The second-order valence-corrected chi connectivity index (χ2v) is 4.78. The van der Waals surface area contributed by atoms with Gasteiger partial charge in [-0.25, -0.2) is 4.79 Å². The Morgan fingerprint density at radius 1 is 1.14 bits per heavy atom. The summed E-state index contributed by atoms with van der Waals surface area (Å²) >= 11 is 0. The highest BCUT2D eigenvalue weighted by Gasteiger charge is 2.29. The van der Waals surface area contributed by atoms with Gasteiger partial charge in [0.2, 0.25) is 6.10 Å². The minimum atomic E-state index is -0.745. The van der Waals surface area contributed by atoms with E-state index < -0.39 is 12.1 Å². The lowest BCUT2D eigenvalue weighted by atomic mass is 10.2. The molecule has 2 aromatic rings. The predicted molar refractivity (Wildman–Crippen MR) is 77.8 cm³/mol. The normalized spacial score (nSPS) is 16.3. The van der Waals surface area contributed by atoms with E-state index in [4.69, 9.17) is 14.2 Å². The summed E-state index contributed by atoms with van der Waals surface area (Å²) < 4.78 is 16.4. The third-order valence-electron chi connectivity index (χ3n) is 3.32. The third kappa shape index (κ3) is 2.99. The van der Waals surface area contributed by atoms with Crippen LogP contribution in [0.2, 0.25) is 0 Å². The Morgan fingerprint density at radius 3 is 2.57 bits per heavy atom. The van der Waals surface area contributed by atoms with Gasteiger partial charge in [0.15, 0.2) is 11.5 Å². The number of esters is 1. The number of hydrogen-bond donors (Lipinski definition) is 0. The minimum absolute atomic E-state index is 0.156. The van der Waals surface area contributed by atoms with Crippen molar-refractivity contribution in [2.24, 2.45) is 0 Å². The molecule has 0 amide bonds. The fraction of sp³-hybridized carbons (Fsp3) is 0.235. The molecule has 1 heterocycles. The molecule has 3 rings (SSSR count). The summed E-state index contributed by atoms with van der Waals surface area (Å²) in [5.74, 6) is 1.27. The topological polar surface area (TPSA) is 44.8 Å². The molecule has 0 N–H and O–H groups in total. The zero-order chi connectivity index (χ0) is 14.7. The van der Waals surface area contributed by atoms with Crippen LogP contribution in [-0.2, 0) is 11.2 Å². The van der Waals surface area contributed by atoms with Crippen LogP contribution < -0.4 is 14.2 Å². The SMILES string of the molecule is CCc1ccc(OC(=O)[C@H]2COc3ccccc3O2)cc1. The first-order valence-corrected chi connectivity index (χ1v) is 6.95. The average Bonchev–Trinajstić information content (AvgIpc) is 2.55. The first-order chi connectivity index (χ1) is 10.3. The van der Waals surface area contributed by atoms with Crippen LogP contribution in [0.4, 0.5) is 0 Å². The van der Waals surface area contributed by atoms with E-state index >= 15 is 0 Å². The quantitative estimate of drug-likeness (QED) is 0.642. The molecular weight excluding hydrogens is 268 g/mol. The van der Waals surface area contributed by atoms with Crippen molar-refractivity contribution in [3.8, 4) is 17.2 Å². The molecule has 1 aliphatic rings. The lowest BCUT2D eigenvalue weighted by molar-refractivity contribution is -0.144. The highest BCUT2D eigenvalue weighted by Crippen LogP contribution is 2.31. The number of para-hydroxylation sites is 2. The number of fused-ring (bicyclic) bond motifs is 1. The largest absolute Gasteiger partial charge is 0.485 e. The van der Waals surface area contributed by atoms with Crippen LogP contribution in [0.15, 0.2) is 48.5 Å². The third-order valence-corrected chi connectivity index (χ3v) is 3.32. The first-order valence-electron chi connectivity index (χ1n) is 6.95. The summed E-state index contributed by atoms with van der Waals surface area (Å²) in [7, 11) is 0. The van der Waals surface area contributed by atoms with Gasteiger partial charge in [-0.15, -0.1) is 0 Å². The lowest BCUT2D eigenvalue weighted by Gasteiger charge is -2.24. The molecule has 1 atom stereocenters. The van der Waals surface area contributed by atoms with E-state index in [1.165, 1.54) is 5.56 Å². The highest BCUT2D eigenvalue weighted by atomic mass is 16.6. The smallest absolute Gasteiger partial charge is 0.356 e. The number of carbonyl (C=O) groups is 1. The summed E-state index contributed by atoms with van der Waals surface area (Å²) in [5, 5.41) is 0. The van der Waals surface area contributed by atoms with Gasteiger partial charge in [-0.3, -0.25) is 0 Å². The van der Waals surface area contributed by atoms with Crippen molar-refractivity contribution in [2.45, 2.75) is 19.4 Å². The molecule has 0 saturated carbocycles. The molecule has 0 radical (unpaired) electrons. The molecule has 4 heteroatoms. The summed E-state index contributed by atoms with van der Waals surface area (Å²) in [6.45, 7) is 2.23. The van der Waals surface area contributed by atoms with E-state index in [2.05, 4.69) is 6.92 Å². The average molecular weight is 284 g/mol. The molecule has 0 spiro atoms. The molecule has 0 bridgehead atoms. The molecule has 0 aromatic heterocycles. The van der Waals surface area contributed by atoms with Crippen molar-refractivity contribution < 1.29 is 19.0 Å². The van der Waals surface area contributed by atoms with Gasteiger partial charge in [0.05, 0.1) is 0 Å².